The molecule has 2 rings (SSSR count). The molecule has 0 spiro atoms. The van der Waals surface area contributed by atoms with Gasteiger partial charge in [0.25, 0.3) is 0 Å². The van der Waals surface area contributed by atoms with Gasteiger partial charge in [0, 0.05) is 6.07 Å². The van der Waals surface area contributed by atoms with Crippen molar-refractivity contribution in [1.82, 2.24) is 0 Å². The Bertz CT molecular complexity index is 358. The fourth-order valence-electron chi connectivity index (χ4n) is 2.90. The summed E-state index contributed by atoms with van der Waals surface area (Å²) in [5.74, 6) is 0.0187. The van der Waals surface area contributed by atoms with Crippen LogP contribution >= 0.6 is 0 Å². The molecule has 2 atom stereocenters. The predicted octanol–water partition coefficient (Wildman–Crippen LogP) is 3.27. The van der Waals surface area contributed by atoms with E-state index < -0.39 is 11.6 Å². The summed E-state index contributed by atoms with van der Waals surface area (Å²) in [5.41, 5.74) is 6.52. The number of benzene rings is 1. The van der Waals surface area contributed by atoms with Gasteiger partial charge in [-0.3, -0.25) is 0 Å². The van der Waals surface area contributed by atoms with E-state index in [0.717, 1.165) is 30.9 Å². The molecule has 0 aliphatic heterocycles. The first kappa shape index (κ1) is 12.5. The van der Waals surface area contributed by atoms with Gasteiger partial charge < -0.3 is 5.73 Å². The molecule has 0 amide bonds. The molecule has 0 bridgehead atoms. The number of halogens is 2. The molecule has 0 aromatic heterocycles. The van der Waals surface area contributed by atoms with Crippen LogP contribution in [0.3, 0.4) is 0 Å². The van der Waals surface area contributed by atoms with Crippen LogP contribution in [0.2, 0.25) is 0 Å². The minimum absolute atomic E-state index is 0.481. The van der Waals surface area contributed by atoms with Crippen molar-refractivity contribution in [2.24, 2.45) is 17.6 Å². The van der Waals surface area contributed by atoms with Gasteiger partial charge in [-0.05, 0) is 55.3 Å². The normalized spacial score (nSPS) is 24.9. The zero-order valence-electron chi connectivity index (χ0n) is 9.96. The Morgan fingerprint density at radius 2 is 1.59 bits per heavy atom. The van der Waals surface area contributed by atoms with Crippen molar-refractivity contribution < 1.29 is 8.78 Å². The highest BCUT2D eigenvalue weighted by Gasteiger charge is 2.24. The second-order valence-corrected chi connectivity index (χ2v) is 5.02. The zero-order valence-corrected chi connectivity index (χ0v) is 9.96. The average Bonchev–Trinajstić information content (AvgIpc) is 2.28. The SMILES string of the molecule is NCC1CCCCC1Cc1cc(F)cc(F)c1. The van der Waals surface area contributed by atoms with Crippen molar-refractivity contribution in [2.75, 3.05) is 6.54 Å². The van der Waals surface area contributed by atoms with E-state index in [0.29, 0.717) is 18.4 Å². The molecule has 1 saturated carbocycles. The Kier molecular flexibility index (Phi) is 4.11. The third-order valence-corrected chi connectivity index (χ3v) is 3.79. The monoisotopic (exact) mass is 239 g/mol. The van der Waals surface area contributed by atoms with E-state index in [1.807, 2.05) is 0 Å². The Labute approximate surface area is 101 Å². The molecular formula is C14H19F2N. The van der Waals surface area contributed by atoms with Crippen LogP contribution in [-0.4, -0.2) is 6.54 Å². The Balaban J connectivity index is 2.08. The number of rotatable bonds is 3. The lowest BCUT2D eigenvalue weighted by Crippen LogP contribution is -2.28. The highest BCUT2D eigenvalue weighted by atomic mass is 19.1. The van der Waals surface area contributed by atoms with Gasteiger partial charge >= 0.3 is 0 Å². The summed E-state index contributed by atoms with van der Waals surface area (Å²) < 4.78 is 26.2. The standard InChI is InChI=1S/C14H19F2N/c15-13-6-10(7-14(16)8-13)5-11-3-1-2-4-12(11)9-17/h6-8,11-12H,1-5,9,17H2. The lowest BCUT2D eigenvalue weighted by atomic mass is 9.76. The van der Waals surface area contributed by atoms with Crippen LogP contribution in [0.1, 0.15) is 31.2 Å². The molecule has 1 aromatic carbocycles. The smallest absolute Gasteiger partial charge is 0.126 e. The summed E-state index contributed by atoms with van der Waals surface area (Å²) in [5, 5.41) is 0. The largest absolute Gasteiger partial charge is 0.330 e. The van der Waals surface area contributed by atoms with E-state index in [2.05, 4.69) is 0 Å². The van der Waals surface area contributed by atoms with Crippen molar-refractivity contribution in [2.45, 2.75) is 32.1 Å². The topological polar surface area (TPSA) is 26.0 Å². The van der Waals surface area contributed by atoms with Crippen molar-refractivity contribution in [3.63, 3.8) is 0 Å². The Morgan fingerprint density at radius 1 is 1.00 bits per heavy atom. The summed E-state index contributed by atoms with van der Waals surface area (Å²) in [7, 11) is 0. The molecule has 2 unspecified atom stereocenters. The molecule has 0 heterocycles. The molecule has 94 valence electrons. The maximum absolute atomic E-state index is 13.1. The van der Waals surface area contributed by atoms with E-state index in [9.17, 15) is 8.78 Å². The van der Waals surface area contributed by atoms with Gasteiger partial charge in [-0.2, -0.15) is 0 Å². The highest BCUT2D eigenvalue weighted by molar-refractivity contribution is 5.18. The number of hydrogen-bond donors (Lipinski definition) is 1. The van der Waals surface area contributed by atoms with E-state index in [4.69, 9.17) is 5.73 Å². The summed E-state index contributed by atoms with van der Waals surface area (Å²) >= 11 is 0. The van der Waals surface area contributed by atoms with Crippen LogP contribution in [0.5, 0.6) is 0 Å². The van der Waals surface area contributed by atoms with Crippen LogP contribution in [0.4, 0.5) is 8.78 Å². The minimum atomic E-state index is -0.486. The van der Waals surface area contributed by atoms with Crippen LogP contribution in [0.25, 0.3) is 0 Å². The molecule has 0 saturated heterocycles. The third kappa shape index (κ3) is 3.25. The molecule has 1 aliphatic carbocycles. The molecule has 1 fully saturated rings. The van der Waals surface area contributed by atoms with E-state index >= 15 is 0 Å². The quantitative estimate of drug-likeness (QED) is 0.860. The third-order valence-electron chi connectivity index (χ3n) is 3.79. The number of nitrogens with two attached hydrogens (primary N) is 1. The van der Waals surface area contributed by atoms with Crippen molar-refractivity contribution in [1.29, 1.82) is 0 Å². The molecule has 3 heteroatoms. The maximum atomic E-state index is 13.1. The summed E-state index contributed by atoms with van der Waals surface area (Å²) in [6, 6.07) is 3.79. The first-order valence-electron chi connectivity index (χ1n) is 6.34. The summed E-state index contributed by atoms with van der Waals surface area (Å²) in [6.45, 7) is 0.683. The van der Waals surface area contributed by atoms with Crippen LogP contribution in [0, 0.1) is 23.5 Å². The summed E-state index contributed by atoms with van der Waals surface area (Å²) in [4.78, 5) is 0. The second kappa shape index (κ2) is 5.58. The minimum Gasteiger partial charge on any atom is -0.330 e. The highest BCUT2D eigenvalue weighted by Crippen LogP contribution is 2.32. The lowest BCUT2D eigenvalue weighted by Gasteiger charge is -2.30. The van der Waals surface area contributed by atoms with Crippen molar-refractivity contribution >= 4 is 0 Å². The van der Waals surface area contributed by atoms with Crippen molar-refractivity contribution in [3.8, 4) is 0 Å². The zero-order chi connectivity index (χ0) is 12.3. The van der Waals surface area contributed by atoms with Crippen LogP contribution in [0.15, 0.2) is 18.2 Å². The van der Waals surface area contributed by atoms with Crippen molar-refractivity contribution in [3.05, 3.63) is 35.4 Å². The van der Waals surface area contributed by atoms with Crippen LogP contribution in [-0.2, 0) is 6.42 Å². The molecule has 1 aliphatic rings. The average molecular weight is 239 g/mol. The molecule has 1 aromatic rings. The molecule has 2 N–H and O–H groups in total. The van der Waals surface area contributed by atoms with Gasteiger partial charge in [0.1, 0.15) is 11.6 Å². The Hall–Kier alpha value is -0.960. The van der Waals surface area contributed by atoms with E-state index in [-0.39, 0.29) is 0 Å². The lowest BCUT2D eigenvalue weighted by molar-refractivity contribution is 0.241. The molecule has 1 nitrogen and oxygen atoms in total. The molecular weight excluding hydrogens is 220 g/mol. The van der Waals surface area contributed by atoms with Gasteiger partial charge in [-0.25, -0.2) is 8.78 Å². The van der Waals surface area contributed by atoms with Gasteiger partial charge in [0.15, 0.2) is 0 Å². The van der Waals surface area contributed by atoms with Gasteiger partial charge in [-0.1, -0.05) is 12.8 Å². The van der Waals surface area contributed by atoms with E-state index in [1.165, 1.54) is 25.0 Å². The van der Waals surface area contributed by atoms with E-state index in [1.54, 1.807) is 0 Å². The predicted molar refractivity (Wildman–Crippen MR) is 64.6 cm³/mol. The Morgan fingerprint density at radius 3 is 2.18 bits per heavy atom. The molecule has 0 radical (unpaired) electrons. The fraction of sp³-hybridized carbons (Fsp3) is 0.571. The maximum Gasteiger partial charge on any atom is 0.126 e. The summed E-state index contributed by atoms with van der Waals surface area (Å²) in [6.07, 6.45) is 5.46. The van der Waals surface area contributed by atoms with Gasteiger partial charge in [0.05, 0.1) is 0 Å². The van der Waals surface area contributed by atoms with Gasteiger partial charge in [-0.15, -0.1) is 0 Å². The first-order chi connectivity index (χ1) is 8.19. The second-order valence-electron chi connectivity index (χ2n) is 5.02. The fourth-order valence-corrected chi connectivity index (χ4v) is 2.90. The van der Waals surface area contributed by atoms with Gasteiger partial charge in [0.2, 0.25) is 0 Å². The van der Waals surface area contributed by atoms with Crippen LogP contribution < -0.4 is 5.73 Å². The number of hydrogen-bond acceptors (Lipinski definition) is 1. The molecule has 17 heavy (non-hydrogen) atoms. The first-order valence-corrected chi connectivity index (χ1v) is 6.34.